The van der Waals surface area contributed by atoms with Crippen molar-refractivity contribution in [3.63, 3.8) is 0 Å². The summed E-state index contributed by atoms with van der Waals surface area (Å²) in [5.74, 6) is 0. The van der Waals surface area contributed by atoms with Crippen LogP contribution >= 0.6 is 0 Å². The van der Waals surface area contributed by atoms with E-state index in [4.69, 9.17) is 5.73 Å². The molecule has 2 rings (SSSR count). The minimum absolute atomic E-state index is 0.0442. The summed E-state index contributed by atoms with van der Waals surface area (Å²) in [6.07, 6.45) is 4.27. The summed E-state index contributed by atoms with van der Waals surface area (Å²) in [5.41, 5.74) is 7.71. The molecule has 96 valence electrons. The molecule has 4 heteroatoms. The molecular weight excluding hydrogens is 226 g/mol. The van der Waals surface area contributed by atoms with Crippen molar-refractivity contribution in [1.82, 2.24) is 9.13 Å². The lowest BCUT2D eigenvalue weighted by atomic mass is 9.95. The third-order valence-corrected chi connectivity index (χ3v) is 2.84. The number of aryl methyl sites for hydroxylation is 1. The van der Waals surface area contributed by atoms with Gasteiger partial charge in [-0.25, -0.2) is 4.79 Å². The molecule has 0 atom stereocenters. The van der Waals surface area contributed by atoms with Gasteiger partial charge in [0.25, 0.3) is 0 Å². The molecular formula is C14H19N3O. The van der Waals surface area contributed by atoms with Crippen molar-refractivity contribution in [2.75, 3.05) is 0 Å². The van der Waals surface area contributed by atoms with E-state index in [-0.39, 0.29) is 11.2 Å². The normalized spacial score (nSPS) is 11.8. The maximum Gasteiger partial charge on any atom is 0.332 e. The summed E-state index contributed by atoms with van der Waals surface area (Å²) in [6.45, 7) is 3.97. The minimum atomic E-state index is -0.297. The first kappa shape index (κ1) is 12.6. The average molecular weight is 245 g/mol. The van der Waals surface area contributed by atoms with E-state index in [2.05, 4.69) is 0 Å². The first-order chi connectivity index (χ1) is 8.38. The molecule has 0 saturated carbocycles. The number of nitrogens with two attached hydrogens (primary N) is 1. The number of para-hydroxylation sites is 1. The molecule has 0 aliphatic carbocycles. The molecule has 0 spiro atoms. The van der Waals surface area contributed by atoms with Gasteiger partial charge in [0.15, 0.2) is 0 Å². The van der Waals surface area contributed by atoms with Gasteiger partial charge in [0.1, 0.15) is 0 Å². The average Bonchev–Trinajstić information content (AvgIpc) is 2.59. The van der Waals surface area contributed by atoms with E-state index in [1.165, 1.54) is 0 Å². The van der Waals surface area contributed by atoms with Crippen molar-refractivity contribution in [2.45, 2.75) is 25.8 Å². The number of rotatable bonds is 3. The summed E-state index contributed by atoms with van der Waals surface area (Å²) in [4.78, 5) is 12.0. The van der Waals surface area contributed by atoms with Gasteiger partial charge in [-0.15, -0.1) is 0 Å². The SMILES string of the molecule is Cn1ccn(-c2ccccc2CC(C)(C)N)c1=O. The lowest BCUT2D eigenvalue weighted by Gasteiger charge is -2.20. The topological polar surface area (TPSA) is 52.9 Å². The molecule has 4 nitrogen and oxygen atoms in total. The Balaban J connectivity index is 2.52. The Morgan fingerprint density at radius 3 is 2.44 bits per heavy atom. The zero-order chi connectivity index (χ0) is 13.3. The van der Waals surface area contributed by atoms with Crippen LogP contribution in [0.15, 0.2) is 41.5 Å². The smallest absolute Gasteiger partial charge is 0.325 e. The molecule has 1 aromatic carbocycles. The summed E-state index contributed by atoms with van der Waals surface area (Å²) >= 11 is 0. The van der Waals surface area contributed by atoms with Crippen molar-refractivity contribution in [1.29, 1.82) is 0 Å². The van der Waals surface area contributed by atoms with Crippen LogP contribution < -0.4 is 11.4 Å². The van der Waals surface area contributed by atoms with Crippen LogP contribution in [0.5, 0.6) is 0 Å². The summed E-state index contributed by atoms with van der Waals surface area (Å²) in [6, 6.07) is 7.87. The van der Waals surface area contributed by atoms with E-state index in [0.29, 0.717) is 0 Å². The van der Waals surface area contributed by atoms with E-state index >= 15 is 0 Å². The van der Waals surface area contributed by atoms with Crippen LogP contribution in [0.1, 0.15) is 19.4 Å². The van der Waals surface area contributed by atoms with E-state index in [1.54, 1.807) is 28.6 Å². The van der Waals surface area contributed by atoms with Gasteiger partial charge >= 0.3 is 5.69 Å². The second-order valence-corrected chi connectivity index (χ2v) is 5.36. The summed E-state index contributed by atoms with van der Waals surface area (Å²) < 4.78 is 3.21. The Hall–Kier alpha value is -1.81. The minimum Gasteiger partial charge on any atom is -0.325 e. The van der Waals surface area contributed by atoms with E-state index < -0.39 is 0 Å². The Labute approximate surface area is 107 Å². The second-order valence-electron chi connectivity index (χ2n) is 5.36. The lowest BCUT2D eigenvalue weighted by molar-refractivity contribution is 0.515. The van der Waals surface area contributed by atoms with Crippen LogP contribution in [0.25, 0.3) is 5.69 Å². The molecule has 0 aliphatic rings. The Bertz CT molecular complexity index is 602. The predicted octanol–water partition coefficient (Wildman–Crippen LogP) is 1.46. The molecule has 0 unspecified atom stereocenters. The quantitative estimate of drug-likeness (QED) is 0.890. The van der Waals surface area contributed by atoms with Gasteiger partial charge < -0.3 is 10.3 Å². The highest BCUT2D eigenvalue weighted by Gasteiger charge is 2.15. The second kappa shape index (κ2) is 4.46. The highest BCUT2D eigenvalue weighted by atomic mass is 16.1. The molecule has 1 heterocycles. The van der Waals surface area contributed by atoms with Crippen LogP contribution in [0.3, 0.4) is 0 Å². The maximum absolute atomic E-state index is 12.0. The number of hydrogen-bond acceptors (Lipinski definition) is 2. The third kappa shape index (κ3) is 2.54. The zero-order valence-electron chi connectivity index (χ0n) is 11.1. The third-order valence-electron chi connectivity index (χ3n) is 2.84. The molecule has 1 aromatic heterocycles. The molecule has 0 aliphatic heterocycles. The van der Waals surface area contributed by atoms with E-state index in [0.717, 1.165) is 17.7 Å². The highest BCUT2D eigenvalue weighted by molar-refractivity contribution is 5.41. The fourth-order valence-electron chi connectivity index (χ4n) is 2.03. The van der Waals surface area contributed by atoms with Crippen LogP contribution in [-0.4, -0.2) is 14.7 Å². The van der Waals surface area contributed by atoms with Gasteiger partial charge in [0.05, 0.1) is 5.69 Å². The Morgan fingerprint density at radius 1 is 1.22 bits per heavy atom. The first-order valence-electron chi connectivity index (χ1n) is 6.00. The van der Waals surface area contributed by atoms with Gasteiger partial charge in [-0.05, 0) is 31.9 Å². The van der Waals surface area contributed by atoms with E-state index in [1.807, 2.05) is 38.1 Å². The molecule has 0 saturated heterocycles. The monoisotopic (exact) mass is 245 g/mol. The van der Waals surface area contributed by atoms with Crippen molar-refractivity contribution in [2.24, 2.45) is 12.8 Å². The van der Waals surface area contributed by atoms with Crippen molar-refractivity contribution in [3.05, 3.63) is 52.7 Å². The molecule has 0 radical (unpaired) electrons. The van der Waals surface area contributed by atoms with Crippen molar-refractivity contribution in [3.8, 4) is 5.69 Å². The predicted molar refractivity (Wildman–Crippen MR) is 73.0 cm³/mol. The lowest BCUT2D eigenvalue weighted by Crippen LogP contribution is -2.35. The van der Waals surface area contributed by atoms with Gasteiger partial charge in [0.2, 0.25) is 0 Å². The molecule has 0 fully saturated rings. The van der Waals surface area contributed by atoms with Gasteiger partial charge in [0, 0.05) is 25.0 Å². The molecule has 0 bridgehead atoms. The Kier molecular flexibility index (Phi) is 3.13. The summed E-state index contributed by atoms with van der Waals surface area (Å²) in [7, 11) is 1.74. The maximum atomic E-state index is 12.0. The number of nitrogens with zero attached hydrogens (tertiary/aromatic N) is 2. The van der Waals surface area contributed by atoms with Crippen molar-refractivity contribution < 1.29 is 0 Å². The number of benzene rings is 1. The number of hydrogen-bond donors (Lipinski definition) is 1. The fourth-order valence-corrected chi connectivity index (χ4v) is 2.03. The van der Waals surface area contributed by atoms with Crippen LogP contribution in [0.2, 0.25) is 0 Å². The standard InChI is InChI=1S/C14H19N3O/c1-14(2,15)10-11-6-4-5-7-12(11)17-9-8-16(3)13(17)18/h4-9H,10,15H2,1-3H3. The molecule has 2 aromatic rings. The van der Waals surface area contributed by atoms with Crippen LogP contribution in [0, 0.1) is 0 Å². The largest absolute Gasteiger partial charge is 0.332 e. The van der Waals surface area contributed by atoms with Gasteiger partial charge in [-0.3, -0.25) is 4.57 Å². The number of aromatic nitrogens is 2. The highest BCUT2D eigenvalue weighted by Crippen LogP contribution is 2.17. The zero-order valence-corrected chi connectivity index (χ0v) is 11.1. The summed E-state index contributed by atoms with van der Waals surface area (Å²) in [5, 5.41) is 0. The van der Waals surface area contributed by atoms with Gasteiger partial charge in [-0.1, -0.05) is 18.2 Å². The number of imidazole rings is 1. The van der Waals surface area contributed by atoms with E-state index in [9.17, 15) is 4.79 Å². The first-order valence-corrected chi connectivity index (χ1v) is 6.00. The van der Waals surface area contributed by atoms with Crippen LogP contribution in [0.4, 0.5) is 0 Å². The van der Waals surface area contributed by atoms with Crippen molar-refractivity contribution >= 4 is 0 Å². The molecule has 18 heavy (non-hydrogen) atoms. The molecule has 0 amide bonds. The Morgan fingerprint density at radius 2 is 1.89 bits per heavy atom. The van der Waals surface area contributed by atoms with Gasteiger partial charge in [-0.2, -0.15) is 0 Å². The molecule has 2 N–H and O–H groups in total. The fraction of sp³-hybridized carbons (Fsp3) is 0.357. The van der Waals surface area contributed by atoms with Crippen LogP contribution in [-0.2, 0) is 13.5 Å².